The molecule has 0 spiro atoms. The number of nitrogens with one attached hydrogen (secondary N) is 2. The second-order valence-electron chi connectivity index (χ2n) is 6.77. The van der Waals surface area contributed by atoms with Crippen LogP contribution in [-0.4, -0.2) is 22.2 Å². The Balaban J connectivity index is 1.93. The Morgan fingerprint density at radius 3 is 2.50 bits per heavy atom. The summed E-state index contributed by atoms with van der Waals surface area (Å²) in [4.78, 5) is 10.3. The van der Waals surface area contributed by atoms with Crippen LogP contribution in [0.1, 0.15) is 34.7 Å². The average Bonchev–Trinajstić information content (AvgIpc) is 3.17. The first-order valence-electron chi connectivity index (χ1n) is 9.01. The number of methoxy groups -OCH3 is 1. The number of halogens is 1. The Kier molecular flexibility index (Phi) is 5.29. The average molecular weight is 504 g/mol. The van der Waals surface area contributed by atoms with Crippen molar-refractivity contribution in [2.75, 3.05) is 12.0 Å². The second kappa shape index (κ2) is 7.71. The minimum atomic E-state index is -0.0685. The van der Waals surface area contributed by atoms with E-state index < -0.39 is 0 Å². The molecule has 2 atom stereocenters. The van der Waals surface area contributed by atoms with Crippen LogP contribution in [0, 0.1) is 17.4 Å². The van der Waals surface area contributed by atoms with Crippen LogP contribution in [0.3, 0.4) is 0 Å². The van der Waals surface area contributed by atoms with Gasteiger partial charge in [-0.05, 0) is 72.9 Å². The molecular weight excluding hydrogens is 483 g/mol. The fourth-order valence-corrected chi connectivity index (χ4v) is 5.06. The molecule has 0 unspecified atom stereocenters. The zero-order valence-corrected chi connectivity index (χ0v) is 18.8. The first-order valence-corrected chi connectivity index (χ1v) is 10.5. The van der Waals surface area contributed by atoms with Crippen molar-refractivity contribution < 1.29 is 4.74 Å². The number of aryl methyl sites for hydroxylation is 2. The highest BCUT2D eigenvalue weighted by Gasteiger charge is 2.43. The van der Waals surface area contributed by atoms with Crippen molar-refractivity contribution in [3.8, 4) is 5.75 Å². The molecule has 0 saturated carbocycles. The van der Waals surface area contributed by atoms with Crippen molar-refractivity contribution in [1.29, 1.82) is 0 Å². The Bertz CT molecular complexity index is 1020. The highest BCUT2D eigenvalue weighted by atomic mass is 127. The van der Waals surface area contributed by atoms with Crippen LogP contribution >= 0.6 is 34.8 Å². The maximum absolute atomic E-state index is 5.80. The van der Waals surface area contributed by atoms with Gasteiger partial charge >= 0.3 is 0 Å². The van der Waals surface area contributed by atoms with Gasteiger partial charge in [-0.3, -0.25) is 4.98 Å². The van der Waals surface area contributed by atoms with E-state index in [9.17, 15) is 0 Å². The van der Waals surface area contributed by atoms with Gasteiger partial charge in [0.05, 0.1) is 30.6 Å². The molecule has 1 fully saturated rings. The number of nitrogens with zero attached hydrogens (tertiary/aromatic N) is 2. The van der Waals surface area contributed by atoms with Gasteiger partial charge in [-0.1, -0.05) is 18.2 Å². The summed E-state index contributed by atoms with van der Waals surface area (Å²) in [6.45, 7) is 4.21. The molecular formula is C21H21IN4OS. The normalized spacial score (nSPS) is 19.0. The predicted molar refractivity (Wildman–Crippen MR) is 124 cm³/mol. The molecule has 1 aliphatic heterocycles. The van der Waals surface area contributed by atoms with Gasteiger partial charge in [-0.25, -0.2) is 0 Å². The zero-order chi connectivity index (χ0) is 19.8. The number of ether oxygens (including phenoxy) is 1. The Morgan fingerprint density at radius 2 is 1.86 bits per heavy atom. The minimum Gasteiger partial charge on any atom is -0.495 e. The fraction of sp³-hybridized carbons (Fsp3) is 0.238. The molecule has 28 heavy (non-hydrogen) atoms. The zero-order valence-electron chi connectivity index (χ0n) is 15.9. The van der Waals surface area contributed by atoms with Gasteiger partial charge < -0.3 is 19.9 Å². The topological polar surface area (TPSA) is 53.2 Å². The number of hydrogen-bond donors (Lipinski definition) is 2. The maximum atomic E-state index is 5.80. The van der Waals surface area contributed by atoms with E-state index in [1.54, 1.807) is 7.11 Å². The number of para-hydroxylation sites is 2. The highest BCUT2D eigenvalue weighted by molar-refractivity contribution is 14.1. The SMILES string of the molecule is COc1ccccc1N1C(=S)N[C@@H](c2ccccn2)[C@@H]1c1c(C)[nH]c(C)c1I. The Hall–Kier alpha value is -2.13. The molecule has 2 N–H and O–H groups in total. The number of anilines is 1. The van der Waals surface area contributed by atoms with Crippen molar-refractivity contribution in [3.63, 3.8) is 0 Å². The summed E-state index contributed by atoms with van der Waals surface area (Å²) >= 11 is 8.21. The van der Waals surface area contributed by atoms with E-state index in [4.69, 9.17) is 17.0 Å². The summed E-state index contributed by atoms with van der Waals surface area (Å²) in [6.07, 6.45) is 1.82. The van der Waals surface area contributed by atoms with Crippen molar-refractivity contribution in [2.45, 2.75) is 25.9 Å². The standard InChI is InChI=1S/C21H21IN4OS/c1-12-17(18(22)13(2)24-12)20-19(14-8-6-7-11-23-14)25-21(28)26(20)15-9-4-5-10-16(15)27-3/h4-11,19-20,24H,1-3H3,(H,25,28)/t19-,20-/m0/s1. The molecule has 1 saturated heterocycles. The molecule has 144 valence electrons. The quantitative estimate of drug-likeness (QED) is 0.395. The molecule has 4 rings (SSSR count). The molecule has 0 bridgehead atoms. The van der Waals surface area contributed by atoms with E-state index in [2.05, 4.69) is 56.6 Å². The third-order valence-corrected chi connectivity index (χ3v) is 6.79. The lowest BCUT2D eigenvalue weighted by molar-refractivity contribution is 0.414. The van der Waals surface area contributed by atoms with Crippen molar-refractivity contribution in [1.82, 2.24) is 15.3 Å². The van der Waals surface area contributed by atoms with Crippen LogP contribution < -0.4 is 15.0 Å². The highest BCUT2D eigenvalue weighted by Crippen LogP contribution is 2.46. The van der Waals surface area contributed by atoms with Gasteiger partial charge in [0, 0.05) is 26.7 Å². The number of benzene rings is 1. The molecule has 0 aliphatic carbocycles. The van der Waals surface area contributed by atoms with Crippen molar-refractivity contribution in [2.24, 2.45) is 0 Å². The van der Waals surface area contributed by atoms with Crippen molar-refractivity contribution >= 4 is 45.6 Å². The van der Waals surface area contributed by atoms with E-state index >= 15 is 0 Å². The van der Waals surface area contributed by atoms with Crippen molar-refractivity contribution in [3.05, 3.63) is 74.9 Å². The Morgan fingerprint density at radius 1 is 1.11 bits per heavy atom. The summed E-state index contributed by atoms with van der Waals surface area (Å²) < 4.78 is 6.86. The summed E-state index contributed by atoms with van der Waals surface area (Å²) in [5, 5.41) is 4.17. The van der Waals surface area contributed by atoms with Gasteiger partial charge in [-0.2, -0.15) is 0 Å². The summed E-state index contributed by atoms with van der Waals surface area (Å²) in [5.74, 6) is 0.790. The van der Waals surface area contributed by atoms with E-state index in [0.29, 0.717) is 5.11 Å². The number of rotatable bonds is 4. The van der Waals surface area contributed by atoms with E-state index in [1.807, 2.05) is 48.7 Å². The van der Waals surface area contributed by atoms with Gasteiger partial charge in [0.2, 0.25) is 0 Å². The molecule has 2 aromatic heterocycles. The summed E-state index contributed by atoms with van der Waals surface area (Å²) in [7, 11) is 1.69. The van der Waals surface area contributed by atoms with E-state index in [0.717, 1.165) is 28.5 Å². The molecule has 0 amide bonds. The molecule has 0 radical (unpaired) electrons. The number of aromatic amines is 1. The molecule has 1 aliphatic rings. The molecule has 3 heterocycles. The van der Waals surface area contributed by atoms with Crippen LogP contribution in [0.5, 0.6) is 5.75 Å². The van der Waals surface area contributed by atoms with Crippen LogP contribution in [-0.2, 0) is 0 Å². The first-order chi connectivity index (χ1) is 13.5. The Labute approximate surface area is 183 Å². The maximum Gasteiger partial charge on any atom is 0.174 e. The van der Waals surface area contributed by atoms with Crippen LogP contribution in [0.4, 0.5) is 5.69 Å². The fourth-order valence-electron chi connectivity index (χ4n) is 3.86. The number of aromatic nitrogens is 2. The lowest BCUT2D eigenvalue weighted by Crippen LogP contribution is -2.30. The summed E-state index contributed by atoms with van der Waals surface area (Å²) in [6, 6.07) is 13.8. The van der Waals surface area contributed by atoms with Gasteiger partial charge in [0.15, 0.2) is 5.11 Å². The van der Waals surface area contributed by atoms with Gasteiger partial charge in [0.1, 0.15) is 5.75 Å². The van der Waals surface area contributed by atoms with Crippen LogP contribution in [0.15, 0.2) is 48.7 Å². The van der Waals surface area contributed by atoms with E-state index in [1.165, 1.54) is 9.13 Å². The number of H-pyrrole nitrogens is 1. The summed E-state index contributed by atoms with van der Waals surface area (Å²) in [5.41, 5.74) is 5.43. The lowest BCUT2D eigenvalue weighted by Gasteiger charge is -2.29. The number of thiocarbonyl (C=S) groups is 1. The largest absolute Gasteiger partial charge is 0.495 e. The van der Waals surface area contributed by atoms with Gasteiger partial charge in [0.25, 0.3) is 0 Å². The molecule has 5 nitrogen and oxygen atoms in total. The lowest BCUT2D eigenvalue weighted by atomic mass is 9.96. The van der Waals surface area contributed by atoms with Gasteiger partial charge in [-0.15, -0.1) is 0 Å². The number of pyridine rings is 1. The monoisotopic (exact) mass is 504 g/mol. The molecule has 7 heteroatoms. The minimum absolute atomic E-state index is 0.0458. The predicted octanol–water partition coefficient (Wildman–Crippen LogP) is 4.82. The molecule has 1 aromatic carbocycles. The van der Waals surface area contributed by atoms with Crippen LogP contribution in [0.2, 0.25) is 0 Å². The smallest absolute Gasteiger partial charge is 0.174 e. The van der Waals surface area contributed by atoms with E-state index in [-0.39, 0.29) is 12.1 Å². The number of hydrogen-bond acceptors (Lipinski definition) is 3. The third-order valence-electron chi connectivity index (χ3n) is 5.08. The molecule has 3 aromatic rings. The first kappa shape index (κ1) is 19.2. The van der Waals surface area contributed by atoms with Crippen LogP contribution in [0.25, 0.3) is 0 Å². The third kappa shape index (κ3) is 3.16. The second-order valence-corrected chi connectivity index (χ2v) is 8.24.